The van der Waals surface area contributed by atoms with Gasteiger partial charge in [-0.3, -0.25) is 9.59 Å². The van der Waals surface area contributed by atoms with E-state index in [0.717, 1.165) is 80.0 Å². The minimum atomic E-state index is -0.302. The van der Waals surface area contributed by atoms with E-state index >= 15 is 0 Å². The van der Waals surface area contributed by atoms with Crippen LogP contribution in [0, 0.1) is 0 Å². The molecule has 0 bridgehead atoms. The number of hydrogen-bond acceptors (Lipinski definition) is 10. The summed E-state index contributed by atoms with van der Waals surface area (Å²) in [6, 6.07) is 20.3. The number of aldehydes is 1. The number of rotatable bonds is 15. The summed E-state index contributed by atoms with van der Waals surface area (Å²) in [4.78, 5) is 55.1. The molecular formula is C40H47N9O3. The van der Waals surface area contributed by atoms with Crippen LogP contribution >= 0.6 is 0 Å². The second-order valence-electron chi connectivity index (χ2n) is 13.2. The highest BCUT2D eigenvalue weighted by Crippen LogP contribution is 2.35. The Kier molecular flexibility index (Phi) is 11.7. The Morgan fingerprint density at radius 3 is 2.27 bits per heavy atom. The molecule has 0 spiro atoms. The first kappa shape index (κ1) is 36.0. The molecule has 1 fully saturated rings. The Morgan fingerprint density at radius 2 is 1.63 bits per heavy atom. The number of piperazine rings is 1. The number of pyridine rings is 1. The molecule has 4 aromatic rings. The Hall–Kier alpha value is -5.78. The normalized spacial score (nSPS) is 15.7. The average Bonchev–Trinajstić information content (AvgIpc) is 3.60. The van der Waals surface area contributed by atoms with Gasteiger partial charge in [-0.15, -0.1) is 6.58 Å². The van der Waals surface area contributed by atoms with E-state index in [1.807, 2.05) is 30.3 Å². The molecule has 52 heavy (non-hydrogen) atoms. The number of nitrogens with one attached hydrogen (secondary N) is 4. The molecule has 1 aliphatic carbocycles. The number of amides is 2. The van der Waals surface area contributed by atoms with Gasteiger partial charge in [-0.1, -0.05) is 31.2 Å². The van der Waals surface area contributed by atoms with Crippen molar-refractivity contribution in [3.8, 4) is 0 Å². The van der Waals surface area contributed by atoms with Crippen molar-refractivity contribution in [3.63, 3.8) is 0 Å². The highest BCUT2D eigenvalue weighted by molar-refractivity contribution is 5.99. The summed E-state index contributed by atoms with van der Waals surface area (Å²) in [7, 11) is 1.61. The SMILES string of the molecule is C=CCNC(=O)c1cnc(Nc2ccc(N3CCN(c4ccc(C(C=O)CCC(=O)NC)cc4)CC3)cc2)nc1Nc1ccc2c(n1)C(CC)CC2. The van der Waals surface area contributed by atoms with E-state index in [2.05, 4.69) is 79.9 Å². The third kappa shape index (κ3) is 8.56. The van der Waals surface area contributed by atoms with Crippen molar-refractivity contribution >= 4 is 52.7 Å². The summed E-state index contributed by atoms with van der Waals surface area (Å²) in [6.45, 7) is 9.66. The molecule has 0 radical (unpaired) electrons. The molecule has 2 atom stereocenters. The second-order valence-corrected chi connectivity index (χ2v) is 13.2. The van der Waals surface area contributed by atoms with E-state index in [9.17, 15) is 14.4 Å². The van der Waals surface area contributed by atoms with Gasteiger partial charge >= 0.3 is 0 Å². The van der Waals surface area contributed by atoms with Crippen LogP contribution in [-0.2, 0) is 16.0 Å². The molecule has 4 N–H and O–H groups in total. The molecule has 2 unspecified atom stereocenters. The number of carbonyl (C=O) groups is 3. The van der Waals surface area contributed by atoms with Crippen LogP contribution in [0.3, 0.4) is 0 Å². The van der Waals surface area contributed by atoms with E-state index in [0.29, 0.717) is 48.5 Å². The molecule has 2 amide bonds. The van der Waals surface area contributed by atoms with Crippen LogP contribution in [0.1, 0.15) is 71.6 Å². The molecule has 3 heterocycles. The van der Waals surface area contributed by atoms with Crippen LogP contribution in [0.25, 0.3) is 0 Å². The first-order chi connectivity index (χ1) is 25.4. The van der Waals surface area contributed by atoms with Crippen molar-refractivity contribution < 1.29 is 14.4 Å². The van der Waals surface area contributed by atoms with Gasteiger partial charge in [0, 0.05) is 87.0 Å². The summed E-state index contributed by atoms with van der Waals surface area (Å²) in [5.74, 6) is 1.15. The van der Waals surface area contributed by atoms with Gasteiger partial charge in [0.15, 0.2) is 0 Å². The van der Waals surface area contributed by atoms with Gasteiger partial charge in [0.1, 0.15) is 23.5 Å². The van der Waals surface area contributed by atoms with Crippen molar-refractivity contribution in [2.75, 3.05) is 60.2 Å². The zero-order valence-corrected chi connectivity index (χ0v) is 29.9. The number of benzene rings is 2. The lowest BCUT2D eigenvalue weighted by atomic mass is 9.95. The number of carbonyl (C=O) groups excluding carboxylic acids is 3. The molecule has 2 aromatic heterocycles. The lowest BCUT2D eigenvalue weighted by molar-refractivity contribution is -0.120. The van der Waals surface area contributed by atoms with Gasteiger partial charge in [0.25, 0.3) is 5.91 Å². The standard InChI is InChI=1S/C40H47N9O3/c1-4-20-42-39(52)34-25-43-40(47-38(34)46-35-18-10-29-7-6-27(5-2)37(29)45-35)44-31-12-16-33(17-13-31)49-23-21-48(22-24-49)32-14-8-28(9-15-32)30(26-50)11-19-36(51)41-3/h4,8-10,12-18,25-27,30H,1,5-7,11,19-24H2,2-3H3,(H,41,51)(H,42,52)(H2,43,44,45,46,47). The lowest BCUT2D eigenvalue weighted by Crippen LogP contribution is -2.46. The second kappa shape index (κ2) is 17.0. The first-order valence-electron chi connectivity index (χ1n) is 18.0. The van der Waals surface area contributed by atoms with Gasteiger partial charge in [-0.2, -0.15) is 4.98 Å². The molecule has 12 nitrogen and oxygen atoms in total. The first-order valence-corrected chi connectivity index (χ1v) is 18.0. The Balaban J connectivity index is 1.08. The zero-order chi connectivity index (χ0) is 36.5. The third-order valence-electron chi connectivity index (χ3n) is 9.92. The maximum atomic E-state index is 13.0. The van der Waals surface area contributed by atoms with Crippen LogP contribution < -0.4 is 31.1 Å². The Labute approximate surface area is 305 Å². The summed E-state index contributed by atoms with van der Waals surface area (Å²) in [6.07, 6.45) is 8.08. The summed E-state index contributed by atoms with van der Waals surface area (Å²) < 4.78 is 0. The predicted octanol–water partition coefficient (Wildman–Crippen LogP) is 5.85. The van der Waals surface area contributed by atoms with Gasteiger partial charge in [-0.05, 0) is 79.3 Å². The lowest BCUT2D eigenvalue weighted by Gasteiger charge is -2.37. The third-order valence-corrected chi connectivity index (χ3v) is 9.92. The Bertz CT molecular complexity index is 1870. The summed E-state index contributed by atoms with van der Waals surface area (Å²) >= 11 is 0. The largest absolute Gasteiger partial charge is 0.368 e. The maximum absolute atomic E-state index is 13.0. The quantitative estimate of drug-likeness (QED) is 0.0880. The van der Waals surface area contributed by atoms with E-state index in [-0.39, 0.29) is 17.7 Å². The zero-order valence-electron chi connectivity index (χ0n) is 29.9. The number of aromatic nitrogens is 3. The molecule has 2 aromatic carbocycles. The maximum Gasteiger partial charge on any atom is 0.256 e. The highest BCUT2D eigenvalue weighted by Gasteiger charge is 2.24. The highest BCUT2D eigenvalue weighted by atomic mass is 16.2. The van der Waals surface area contributed by atoms with Gasteiger partial charge in [0.2, 0.25) is 11.9 Å². The van der Waals surface area contributed by atoms with E-state index in [1.165, 1.54) is 11.8 Å². The van der Waals surface area contributed by atoms with Crippen molar-refractivity contribution in [1.29, 1.82) is 0 Å². The number of anilines is 6. The van der Waals surface area contributed by atoms with E-state index in [4.69, 9.17) is 9.97 Å². The summed E-state index contributed by atoms with van der Waals surface area (Å²) in [5.41, 5.74) is 6.71. The number of nitrogens with zero attached hydrogens (tertiary/aromatic N) is 5. The van der Waals surface area contributed by atoms with Crippen LogP contribution in [0.4, 0.5) is 34.6 Å². The summed E-state index contributed by atoms with van der Waals surface area (Å²) in [5, 5.41) is 12.0. The van der Waals surface area contributed by atoms with E-state index < -0.39 is 0 Å². The topological polar surface area (TPSA) is 144 Å². The van der Waals surface area contributed by atoms with Crippen molar-refractivity contribution in [3.05, 3.63) is 102 Å². The number of hydrogen-bond donors (Lipinski definition) is 4. The van der Waals surface area contributed by atoms with Crippen LogP contribution in [0.5, 0.6) is 0 Å². The molecule has 6 rings (SSSR count). The van der Waals surface area contributed by atoms with Crippen LogP contribution in [0.15, 0.2) is 79.5 Å². The molecule has 270 valence electrons. The average molecular weight is 702 g/mol. The predicted molar refractivity (Wildman–Crippen MR) is 206 cm³/mol. The fourth-order valence-corrected chi connectivity index (χ4v) is 6.85. The monoisotopic (exact) mass is 701 g/mol. The molecule has 1 saturated heterocycles. The number of fused-ring (bicyclic) bond motifs is 1. The van der Waals surface area contributed by atoms with Crippen LogP contribution in [-0.4, -0.2) is 72.8 Å². The Morgan fingerprint density at radius 1 is 0.942 bits per heavy atom. The van der Waals surface area contributed by atoms with Crippen molar-refractivity contribution in [1.82, 2.24) is 25.6 Å². The van der Waals surface area contributed by atoms with Gasteiger partial charge in [0.05, 0.1) is 0 Å². The minimum absolute atomic E-state index is 0.0611. The molecule has 2 aliphatic rings. The molecule has 0 saturated carbocycles. The minimum Gasteiger partial charge on any atom is -0.368 e. The number of aryl methyl sites for hydroxylation is 1. The van der Waals surface area contributed by atoms with Crippen molar-refractivity contribution in [2.45, 2.75) is 50.9 Å². The fraction of sp³-hybridized carbons (Fsp3) is 0.350. The smallest absolute Gasteiger partial charge is 0.256 e. The molecule has 12 heteroatoms. The molecular weight excluding hydrogens is 654 g/mol. The van der Waals surface area contributed by atoms with E-state index in [1.54, 1.807) is 13.1 Å². The molecule has 1 aliphatic heterocycles. The van der Waals surface area contributed by atoms with Crippen LogP contribution in [0.2, 0.25) is 0 Å². The van der Waals surface area contributed by atoms with Crippen molar-refractivity contribution in [2.24, 2.45) is 0 Å². The van der Waals surface area contributed by atoms with Gasteiger partial charge < -0.3 is 35.9 Å². The fourth-order valence-electron chi connectivity index (χ4n) is 6.85. The van der Waals surface area contributed by atoms with Gasteiger partial charge in [-0.25, -0.2) is 9.97 Å².